The first-order valence-electron chi connectivity index (χ1n) is 7.58. The van der Waals surface area contributed by atoms with Gasteiger partial charge in [0.2, 0.25) is 5.91 Å². The van der Waals surface area contributed by atoms with Gasteiger partial charge in [0.1, 0.15) is 5.75 Å². The maximum absolute atomic E-state index is 12.1. The molecule has 2 aromatic carbocycles. The number of ether oxygens (including phenoxy) is 1. The number of halogens is 2. The number of hydrazine groups is 1. The summed E-state index contributed by atoms with van der Waals surface area (Å²) in [6.07, 6.45) is 2.85. The second kappa shape index (κ2) is 10.1. The smallest absolute Gasteiger partial charge is 0.269 e. The van der Waals surface area contributed by atoms with Crippen LogP contribution >= 0.6 is 39.7 Å². The predicted molar refractivity (Wildman–Crippen MR) is 113 cm³/mol. The minimum absolute atomic E-state index is 0.0512. The largest absolute Gasteiger partial charge is 0.496 e. The Hall–Kier alpha value is -2.42. The lowest BCUT2D eigenvalue weighted by Crippen LogP contribution is -2.48. The van der Waals surface area contributed by atoms with Gasteiger partial charge in [-0.05, 0) is 64.1 Å². The number of benzene rings is 2. The number of thiocarbonyl (C=S) groups is 1. The van der Waals surface area contributed by atoms with Gasteiger partial charge in [0.05, 0.1) is 11.6 Å². The summed E-state index contributed by atoms with van der Waals surface area (Å²) in [6.45, 7) is 0. The van der Waals surface area contributed by atoms with Crippen molar-refractivity contribution in [3.05, 3.63) is 69.2 Å². The van der Waals surface area contributed by atoms with Crippen molar-refractivity contribution in [2.24, 2.45) is 0 Å². The average molecular weight is 469 g/mol. The molecule has 140 valence electrons. The van der Waals surface area contributed by atoms with Gasteiger partial charge in [-0.25, -0.2) is 0 Å². The number of nitrogens with one attached hydrogen (secondary N) is 3. The third kappa shape index (κ3) is 6.35. The highest BCUT2D eigenvalue weighted by Gasteiger charge is 2.09. The van der Waals surface area contributed by atoms with Crippen molar-refractivity contribution in [3.8, 4) is 5.75 Å². The Morgan fingerprint density at radius 1 is 1.19 bits per heavy atom. The van der Waals surface area contributed by atoms with Crippen molar-refractivity contribution in [2.75, 3.05) is 7.11 Å². The van der Waals surface area contributed by atoms with Gasteiger partial charge in [-0.2, -0.15) is 0 Å². The summed E-state index contributed by atoms with van der Waals surface area (Å²) in [6, 6.07) is 11.9. The molecule has 0 aliphatic heterocycles. The molecule has 0 bridgehead atoms. The molecule has 0 spiro atoms. The molecule has 2 amide bonds. The summed E-state index contributed by atoms with van der Waals surface area (Å²) in [4.78, 5) is 24.0. The standard InChI is InChI=1S/C18H15BrClN3O3S/c1-26-15-8-6-12(10-13(15)19)17(25)22-23-18(27)21-16(24)9-7-11-4-2-3-5-14(11)20/h2-10H,1H3,(H,22,25)(H2,21,23,24,27). The molecule has 2 aromatic rings. The van der Waals surface area contributed by atoms with Crippen molar-refractivity contribution >= 4 is 62.8 Å². The Labute approximate surface area is 175 Å². The summed E-state index contributed by atoms with van der Waals surface area (Å²) >= 11 is 14.3. The Bertz CT molecular complexity index is 905. The Morgan fingerprint density at radius 3 is 2.59 bits per heavy atom. The lowest BCUT2D eigenvalue weighted by molar-refractivity contribution is -0.115. The average Bonchev–Trinajstić information content (AvgIpc) is 2.65. The maximum Gasteiger partial charge on any atom is 0.269 e. The fourth-order valence-electron chi connectivity index (χ4n) is 1.95. The van der Waals surface area contributed by atoms with E-state index in [-0.39, 0.29) is 5.11 Å². The lowest BCUT2D eigenvalue weighted by Gasteiger charge is -2.10. The molecule has 0 fully saturated rings. The van der Waals surface area contributed by atoms with Crippen LogP contribution in [0.3, 0.4) is 0 Å². The summed E-state index contributed by atoms with van der Waals surface area (Å²) in [7, 11) is 1.53. The van der Waals surface area contributed by atoms with Crippen molar-refractivity contribution in [1.82, 2.24) is 16.2 Å². The third-order valence-corrected chi connectivity index (χ3v) is 4.43. The summed E-state index contributed by atoms with van der Waals surface area (Å²) < 4.78 is 5.74. The highest BCUT2D eigenvalue weighted by molar-refractivity contribution is 9.10. The molecule has 0 atom stereocenters. The summed E-state index contributed by atoms with van der Waals surface area (Å²) in [5.74, 6) is -0.289. The zero-order valence-electron chi connectivity index (χ0n) is 14.1. The minimum atomic E-state index is -0.464. The number of amides is 2. The maximum atomic E-state index is 12.1. The number of rotatable bonds is 4. The zero-order valence-corrected chi connectivity index (χ0v) is 17.2. The molecule has 6 nitrogen and oxygen atoms in total. The van der Waals surface area contributed by atoms with E-state index in [1.807, 2.05) is 6.07 Å². The quantitative estimate of drug-likeness (QED) is 0.364. The topological polar surface area (TPSA) is 79.5 Å². The molecular weight excluding hydrogens is 454 g/mol. The van der Waals surface area contributed by atoms with Crippen LogP contribution in [0.4, 0.5) is 0 Å². The molecule has 0 aromatic heterocycles. The van der Waals surface area contributed by atoms with Crippen molar-refractivity contribution in [1.29, 1.82) is 0 Å². The van der Waals surface area contributed by atoms with E-state index in [4.69, 9.17) is 28.6 Å². The van der Waals surface area contributed by atoms with Crippen LogP contribution in [0.5, 0.6) is 5.75 Å². The highest BCUT2D eigenvalue weighted by atomic mass is 79.9. The van der Waals surface area contributed by atoms with Crippen LogP contribution in [-0.2, 0) is 4.79 Å². The highest BCUT2D eigenvalue weighted by Crippen LogP contribution is 2.25. The summed E-state index contributed by atoms with van der Waals surface area (Å²) in [5, 5.41) is 2.89. The normalized spacial score (nSPS) is 10.3. The van der Waals surface area contributed by atoms with Crippen molar-refractivity contribution in [2.45, 2.75) is 0 Å². The Kier molecular flexibility index (Phi) is 7.78. The van der Waals surface area contributed by atoms with Gasteiger partial charge in [-0.15, -0.1) is 0 Å². The molecule has 27 heavy (non-hydrogen) atoms. The lowest BCUT2D eigenvalue weighted by atomic mass is 10.2. The SMILES string of the molecule is COc1ccc(C(=O)NNC(=S)NC(=O)C=Cc2ccccc2Cl)cc1Br. The van der Waals surface area contributed by atoms with E-state index in [2.05, 4.69) is 32.1 Å². The van der Waals surface area contributed by atoms with Gasteiger partial charge in [0.15, 0.2) is 5.11 Å². The van der Waals surface area contributed by atoms with Gasteiger partial charge in [0, 0.05) is 16.7 Å². The molecule has 0 aliphatic rings. The van der Waals surface area contributed by atoms with Crippen LogP contribution in [0.25, 0.3) is 6.08 Å². The third-order valence-electron chi connectivity index (χ3n) is 3.26. The van der Waals surface area contributed by atoms with Crippen LogP contribution in [0.15, 0.2) is 53.0 Å². The predicted octanol–water partition coefficient (Wildman–Crippen LogP) is 3.46. The van der Waals surface area contributed by atoms with E-state index in [0.29, 0.717) is 26.4 Å². The van der Waals surface area contributed by atoms with Crippen molar-refractivity contribution in [3.63, 3.8) is 0 Å². The number of carbonyl (C=O) groups excluding carboxylic acids is 2. The first-order valence-corrected chi connectivity index (χ1v) is 9.16. The molecular formula is C18H15BrClN3O3S. The second-order valence-electron chi connectivity index (χ2n) is 5.10. The monoisotopic (exact) mass is 467 g/mol. The van der Waals surface area contributed by atoms with E-state index in [9.17, 15) is 9.59 Å². The van der Waals surface area contributed by atoms with Crippen LogP contribution in [0.2, 0.25) is 5.02 Å². The van der Waals surface area contributed by atoms with Crippen LogP contribution < -0.4 is 20.9 Å². The van der Waals surface area contributed by atoms with Crippen molar-refractivity contribution < 1.29 is 14.3 Å². The van der Waals surface area contributed by atoms with Gasteiger partial charge in [-0.3, -0.25) is 25.8 Å². The molecule has 3 N–H and O–H groups in total. The van der Waals surface area contributed by atoms with Crippen LogP contribution in [-0.4, -0.2) is 24.0 Å². The zero-order chi connectivity index (χ0) is 19.8. The fourth-order valence-corrected chi connectivity index (χ4v) is 2.84. The van der Waals surface area contributed by atoms with E-state index >= 15 is 0 Å². The van der Waals surface area contributed by atoms with Crippen LogP contribution in [0, 0.1) is 0 Å². The summed E-state index contributed by atoms with van der Waals surface area (Å²) in [5.41, 5.74) is 5.94. The Morgan fingerprint density at radius 2 is 1.93 bits per heavy atom. The molecule has 0 radical (unpaired) electrons. The van der Waals surface area contributed by atoms with Gasteiger partial charge >= 0.3 is 0 Å². The number of methoxy groups -OCH3 is 1. The van der Waals surface area contributed by atoms with Gasteiger partial charge in [0.25, 0.3) is 5.91 Å². The molecule has 0 heterocycles. The van der Waals surface area contributed by atoms with E-state index < -0.39 is 11.8 Å². The van der Waals surface area contributed by atoms with E-state index in [1.165, 1.54) is 13.2 Å². The molecule has 9 heteroatoms. The molecule has 2 rings (SSSR count). The first kappa shape index (κ1) is 20.9. The molecule has 0 saturated heterocycles. The Balaban J connectivity index is 1.85. The minimum Gasteiger partial charge on any atom is -0.496 e. The number of hydrogen-bond acceptors (Lipinski definition) is 4. The van der Waals surface area contributed by atoms with Gasteiger partial charge < -0.3 is 4.74 Å². The number of carbonyl (C=O) groups is 2. The number of hydrogen-bond donors (Lipinski definition) is 3. The van der Waals surface area contributed by atoms with E-state index in [0.717, 1.165) is 0 Å². The fraction of sp³-hybridized carbons (Fsp3) is 0.0556. The molecule has 0 unspecified atom stereocenters. The molecule has 0 saturated carbocycles. The first-order chi connectivity index (χ1) is 12.9. The molecule has 0 aliphatic carbocycles. The van der Waals surface area contributed by atoms with Crippen LogP contribution in [0.1, 0.15) is 15.9 Å². The van der Waals surface area contributed by atoms with E-state index in [1.54, 1.807) is 42.5 Å². The van der Waals surface area contributed by atoms with Gasteiger partial charge in [-0.1, -0.05) is 29.8 Å². The second-order valence-corrected chi connectivity index (χ2v) is 6.77.